The van der Waals surface area contributed by atoms with Crippen molar-refractivity contribution in [3.05, 3.63) is 71.8 Å². The van der Waals surface area contributed by atoms with Crippen LogP contribution in [0.25, 0.3) is 0 Å². The fourth-order valence-corrected chi connectivity index (χ4v) is 2.67. The Kier molecular flexibility index (Phi) is 5.71. The highest BCUT2D eigenvalue weighted by molar-refractivity contribution is 5.92. The number of carbonyl (C=O) groups excluding carboxylic acids is 1. The van der Waals surface area contributed by atoms with Gasteiger partial charge in [-0.3, -0.25) is 9.48 Å². The van der Waals surface area contributed by atoms with Gasteiger partial charge in [-0.1, -0.05) is 18.2 Å². The van der Waals surface area contributed by atoms with E-state index in [1.54, 1.807) is 55.6 Å². The van der Waals surface area contributed by atoms with E-state index in [2.05, 4.69) is 10.4 Å². The third-order valence-corrected chi connectivity index (χ3v) is 3.99. The molecule has 6 nitrogen and oxygen atoms in total. The summed E-state index contributed by atoms with van der Waals surface area (Å²) in [4.78, 5) is 12.3. The monoisotopic (exact) mass is 369 g/mol. The zero-order valence-corrected chi connectivity index (χ0v) is 15.1. The first-order valence-electron chi connectivity index (χ1n) is 8.35. The molecule has 2 aromatic carbocycles. The van der Waals surface area contributed by atoms with Gasteiger partial charge in [0, 0.05) is 6.20 Å². The maximum Gasteiger partial charge on any atom is 0.228 e. The minimum absolute atomic E-state index is 0.163. The number of anilines is 1. The highest BCUT2D eigenvalue weighted by Crippen LogP contribution is 2.27. The summed E-state index contributed by atoms with van der Waals surface area (Å²) in [6, 6.07) is 11.6. The summed E-state index contributed by atoms with van der Waals surface area (Å²) in [5.41, 5.74) is 2.33. The van der Waals surface area contributed by atoms with Crippen molar-refractivity contribution in [3.8, 4) is 11.5 Å². The van der Waals surface area contributed by atoms with Gasteiger partial charge in [-0.05, 0) is 35.4 Å². The topological polar surface area (TPSA) is 65.4 Å². The average molecular weight is 369 g/mol. The molecule has 27 heavy (non-hydrogen) atoms. The third kappa shape index (κ3) is 4.84. The van der Waals surface area contributed by atoms with Crippen molar-refractivity contribution in [2.75, 3.05) is 19.5 Å². The van der Waals surface area contributed by atoms with Crippen molar-refractivity contribution in [3.63, 3.8) is 0 Å². The number of rotatable bonds is 7. The molecule has 0 saturated heterocycles. The number of methoxy groups -OCH3 is 2. The zero-order valence-electron chi connectivity index (χ0n) is 15.1. The van der Waals surface area contributed by atoms with Gasteiger partial charge < -0.3 is 14.8 Å². The summed E-state index contributed by atoms with van der Waals surface area (Å²) in [5.74, 6) is 0.754. The van der Waals surface area contributed by atoms with Crippen LogP contribution in [0.3, 0.4) is 0 Å². The number of halogens is 1. The van der Waals surface area contributed by atoms with Gasteiger partial charge in [-0.25, -0.2) is 4.39 Å². The smallest absolute Gasteiger partial charge is 0.228 e. The Morgan fingerprint density at radius 2 is 1.78 bits per heavy atom. The van der Waals surface area contributed by atoms with Crippen molar-refractivity contribution in [1.29, 1.82) is 0 Å². The number of benzene rings is 2. The number of ether oxygens (including phenoxy) is 2. The molecule has 0 fully saturated rings. The number of hydrogen-bond donors (Lipinski definition) is 1. The molecule has 140 valence electrons. The molecule has 0 spiro atoms. The summed E-state index contributed by atoms with van der Waals surface area (Å²) >= 11 is 0. The second-order valence-electron chi connectivity index (χ2n) is 5.97. The Labute approximate surface area is 156 Å². The fraction of sp³-hybridized carbons (Fsp3) is 0.200. The van der Waals surface area contributed by atoms with Crippen molar-refractivity contribution in [1.82, 2.24) is 9.78 Å². The predicted molar refractivity (Wildman–Crippen MR) is 99.6 cm³/mol. The molecule has 0 aliphatic carbocycles. The predicted octanol–water partition coefficient (Wildman–Crippen LogP) is 3.27. The maximum absolute atomic E-state index is 13.0. The van der Waals surface area contributed by atoms with Gasteiger partial charge in [0.25, 0.3) is 0 Å². The first-order chi connectivity index (χ1) is 13.1. The molecule has 0 bridgehead atoms. The quantitative estimate of drug-likeness (QED) is 0.694. The molecule has 0 aliphatic rings. The summed E-state index contributed by atoms with van der Waals surface area (Å²) in [6.45, 7) is 0.492. The summed E-state index contributed by atoms with van der Waals surface area (Å²) in [5, 5.41) is 7.03. The minimum atomic E-state index is -0.276. The van der Waals surface area contributed by atoms with E-state index < -0.39 is 0 Å². The molecule has 1 heterocycles. The number of amides is 1. The van der Waals surface area contributed by atoms with Gasteiger partial charge in [0.05, 0.1) is 39.1 Å². The van der Waals surface area contributed by atoms with Crippen LogP contribution < -0.4 is 14.8 Å². The van der Waals surface area contributed by atoms with E-state index in [0.717, 1.165) is 11.1 Å². The zero-order chi connectivity index (χ0) is 19.2. The number of hydrogen-bond acceptors (Lipinski definition) is 4. The Bertz CT molecular complexity index is 922. The van der Waals surface area contributed by atoms with Crippen LogP contribution in [0.5, 0.6) is 11.5 Å². The molecule has 0 saturated carbocycles. The largest absolute Gasteiger partial charge is 0.493 e. The molecule has 3 rings (SSSR count). The van der Waals surface area contributed by atoms with E-state index in [1.807, 2.05) is 6.07 Å². The minimum Gasteiger partial charge on any atom is -0.493 e. The van der Waals surface area contributed by atoms with Crippen LogP contribution in [-0.4, -0.2) is 29.9 Å². The fourth-order valence-electron chi connectivity index (χ4n) is 2.67. The Morgan fingerprint density at radius 3 is 2.48 bits per heavy atom. The molecule has 0 atom stereocenters. The summed E-state index contributed by atoms with van der Waals surface area (Å²) in [6.07, 6.45) is 3.51. The van der Waals surface area contributed by atoms with Crippen LogP contribution in [0.2, 0.25) is 0 Å². The molecule has 1 N–H and O–H groups in total. The van der Waals surface area contributed by atoms with Gasteiger partial charge in [0.15, 0.2) is 11.5 Å². The molecule has 7 heteroatoms. The van der Waals surface area contributed by atoms with Gasteiger partial charge in [0.1, 0.15) is 5.82 Å². The maximum atomic E-state index is 13.0. The van der Waals surface area contributed by atoms with Crippen molar-refractivity contribution < 1.29 is 18.7 Å². The standard InChI is InChI=1S/C20H20FN3O3/c1-26-18-8-5-15(9-19(18)27-2)10-20(25)23-17-11-22-24(13-17)12-14-3-6-16(21)7-4-14/h3-9,11,13H,10,12H2,1-2H3,(H,23,25). The van der Waals surface area contributed by atoms with E-state index in [1.165, 1.54) is 12.1 Å². The van der Waals surface area contributed by atoms with Crippen molar-refractivity contribution in [2.24, 2.45) is 0 Å². The number of aromatic nitrogens is 2. The van der Waals surface area contributed by atoms with Gasteiger partial charge in [-0.2, -0.15) is 5.10 Å². The van der Waals surface area contributed by atoms with Crippen LogP contribution >= 0.6 is 0 Å². The van der Waals surface area contributed by atoms with E-state index in [-0.39, 0.29) is 18.1 Å². The normalized spacial score (nSPS) is 10.5. The van der Waals surface area contributed by atoms with Gasteiger partial charge >= 0.3 is 0 Å². The Morgan fingerprint density at radius 1 is 1.07 bits per heavy atom. The summed E-state index contributed by atoms with van der Waals surface area (Å²) < 4.78 is 25.1. The lowest BCUT2D eigenvalue weighted by Crippen LogP contribution is -2.14. The molecular weight excluding hydrogens is 349 g/mol. The average Bonchev–Trinajstić information content (AvgIpc) is 3.10. The lowest BCUT2D eigenvalue weighted by atomic mass is 10.1. The van der Waals surface area contributed by atoms with Crippen molar-refractivity contribution >= 4 is 11.6 Å². The molecule has 0 unspecified atom stereocenters. The van der Waals surface area contributed by atoms with Gasteiger partial charge in [-0.15, -0.1) is 0 Å². The molecular formula is C20H20FN3O3. The molecule has 0 radical (unpaired) electrons. The van der Waals surface area contributed by atoms with Gasteiger partial charge in [0.2, 0.25) is 5.91 Å². The second-order valence-corrected chi connectivity index (χ2v) is 5.97. The summed E-state index contributed by atoms with van der Waals surface area (Å²) in [7, 11) is 3.12. The highest BCUT2D eigenvalue weighted by Gasteiger charge is 2.10. The number of nitrogens with one attached hydrogen (secondary N) is 1. The SMILES string of the molecule is COc1ccc(CC(=O)Nc2cnn(Cc3ccc(F)cc3)c2)cc1OC. The van der Waals surface area contributed by atoms with E-state index >= 15 is 0 Å². The molecule has 1 aromatic heterocycles. The third-order valence-electron chi connectivity index (χ3n) is 3.99. The second kappa shape index (κ2) is 8.35. The van der Waals surface area contributed by atoms with Crippen LogP contribution in [0.1, 0.15) is 11.1 Å². The number of carbonyl (C=O) groups is 1. The lowest BCUT2D eigenvalue weighted by Gasteiger charge is -2.09. The van der Waals surface area contributed by atoms with E-state index in [4.69, 9.17) is 9.47 Å². The van der Waals surface area contributed by atoms with E-state index in [9.17, 15) is 9.18 Å². The first-order valence-corrected chi connectivity index (χ1v) is 8.35. The molecule has 0 aliphatic heterocycles. The lowest BCUT2D eigenvalue weighted by molar-refractivity contribution is -0.115. The molecule has 3 aromatic rings. The Balaban J connectivity index is 1.60. The van der Waals surface area contributed by atoms with Crippen LogP contribution in [0.15, 0.2) is 54.9 Å². The van der Waals surface area contributed by atoms with E-state index in [0.29, 0.717) is 23.7 Å². The first kappa shape index (κ1) is 18.4. The number of nitrogens with zero attached hydrogens (tertiary/aromatic N) is 2. The van der Waals surface area contributed by atoms with Crippen LogP contribution in [0.4, 0.5) is 10.1 Å². The Hall–Kier alpha value is -3.35. The van der Waals surface area contributed by atoms with Crippen molar-refractivity contribution in [2.45, 2.75) is 13.0 Å². The highest BCUT2D eigenvalue weighted by atomic mass is 19.1. The van der Waals surface area contributed by atoms with Crippen LogP contribution in [0, 0.1) is 5.82 Å². The molecule has 1 amide bonds. The van der Waals surface area contributed by atoms with Crippen LogP contribution in [-0.2, 0) is 17.8 Å².